The van der Waals surface area contributed by atoms with Gasteiger partial charge in [-0.05, 0) is 52.5 Å². The Labute approximate surface area is 175 Å². The van der Waals surface area contributed by atoms with Crippen molar-refractivity contribution in [1.82, 2.24) is 21.1 Å². The summed E-state index contributed by atoms with van der Waals surface area (Å²) in [5.74, 6) is -0.530. The van der Waals surface area contributed by atoms with E-state index in [2.05, 4.69) is 26.6 Å². The molecule has 0 radical (unpaired) electrons. The van der Waals surface area contributed by atoms with E-state index < -0.39 is 6.17 Å². The molecule has 0 spiro atoms. The molecule has 3 N–H and O–H groups in total. The highest BCUT2D eigenvalue weighted by Gasteiger charge is 2.35. The topological polar surface area (TPSA) is 82.7 Å². The first-order valence-electron chi connectivity index (χ1n) is 9.31. The minimum absolute atomic E-state index is 0.0249. The van der Waals surface area contributed by atoms with Gasteiger partial charge < -0.3 is 15.4 Å². The first-order valence-corrected chi connectivity index (χ1v) is 10.1. The predicted octanol–water partition coefficient (Wildman–Crippen LogP) is 2.30. The number of carbonyl (C=O) groups excluding carboxylic acids is 2. The van der Waals surface area contributed by atoms with Crippen LogP contribution in [0.3, 0.4) is 0 Å². The van der Waals surface area contributed by atoms with Gasteiger partial charge in [0.05, 0.1) is 12.6 Å². The van der Waals surface area contributed by atoms with E-state index >= 15 is 0 Å². The Hall–Kier alpha value is -2.65. The van der Waals surface area contributed by atoms with Crippen molar-refractivity contribution in [1.29, 1.82) is 0 Å². The number of amides is 2. The molecule has 9 heteroatoms. The largest absolute Gasteiger partial charge is 0.379 e. The maximum Gasteiger partial charge on any atom is 0.270 e. The fourth-order valence-electron chi connectivity index (χ4n) is 3.58. The number of rotatable bonds is 4. The molecule has 1 fully saturated rings. The van der Waals surface area contributed by atoms with E-state index in [1.807, 2.05) is 18.2 Å². The summed E-state index contributed by atoms with van der Waals surface area (Å²) in [5, 5.41) is 5.95. The van der Waals surface area contributed by atoms with Crippen molar-refractivity contribution in [3.05, 3.63) is 64.0 Å². The van der Waals surface area contributed by atoms with Crippen molar-refractivity contribution >= 4 is 33.3 Å². The van der Waals surface area contributed by atoms with Crippen molar-refractivity contribution in [2.75, 3.05) is 13.2 Å². The van der Waals surface area contributed by atoms with Gasteiger partial charge in [-0.2, -0.15) is 0 Å². The lowest BCUT2D eigenvalue weighted by atomic mass is 9.97. The number of hydrogen-bond donors (Lipinski definition) is 3. The minimum Gasteiger partial charge on any atom is -0.379 e. The molecule has 3 aliphatic rings. The lowest BCUT2D eigenvalue weighted by Gasteiger charge is -2.38. The Bertz CT molecular complexity index is 907. The number of nitrogens with zero attached hydrogens (tertiary/aromatic N) is 1. The van der Waals surface area contributed by atoms with E-state index in [-0.39, 0.29) is 28.2 Å². The van der Waals surface area contributed by atoms with E-state index in [1.54, 1.807) is 24.4 Å². The van der Waals surface area contributed by atoms with Crippen LogP contribution >= 0.6 is 15.9 Å². The Morgan fingerprint density at radius 1 is 1.31 bits per heavy atom. The zero-order valence-corrected chi connectivity index (χ0v) is 17.0. The Kier molecular flexibility index (Phi) is 5.68. The van der Waals surface area contributed by atoms with Gasteiger partial charge in [-0.25, -0.2) is 5.54 Å². The maximum atomic E-state index is 13.1. The monoisotopic (exact) mass is 462 g/mol. The molecule has 0 bridgehead atoms. The molecular weight excluding hydrogens is 443 g/mol. The SMILES string of the molecule is O=C(NC1CCCOC1)c1ccc(C2=CC=CN3C(=O)C(Br)=C(NF)NC23)cc1. The highest BCUT2D eigenvalue weighted by Crippen LogP contribution is 2.31. The fraction of sp³-hybridized carbons (Fsp3) is 0.300. The molecule has 3 aliphatic heterocycles. The van der Waals surface area contributed by atoms with Crippen LogP contribution in [0.1, 0.15) is 28.8 Å². The molecule has 1 aromatic rings. The van der Waals surface area contributed by atoms with Crippen LogP contribution in [0.4, 0.5) is 4.48 Å². The third kappa shape index (κ3) is 3.92. The molecule has 0 aromatic heterocycles. The smallest absolute Gasteiger partial charge is 0.270 e. The molecule has 3 heterocycles. The third-order valence-electron chi connectivity index (χ3n) is 5.09. The third-order valence-corrected chi connectivity index (χ3v) is 5.82. The van der Waals surface area contributed by atoms with Crippen LogP contribution in [0.15, 0.2) is 52.9 Å². The van der Waals surface area contributed by atoms with E-state index in [0.717, 1.165) is 30.6 Å². The molecule has 29 heavy (non-hydrogen) atoms. The number of ether oxygens (including phenoxy) is 1. The summed E-state index contributed by atoms with van der Waals surface area (Å²) >= 11 is 3.10. The fourth-order valence-corrected chi connectivity index (χ4v) is 3.97. The lowest BCUT2D eigenvalue weighted by molar-refractivity contribution is -0.126. The predicted molar refractivity (Wildman–Crippen MR) is 109 cm³/mol. The van der Waals surface area contributed by atoms with Crippen LogP contribution in [0.25, 0.3) is 5.57 Å². The van der Waals surface area contributed by atoms with Gasteiger partial charge in [-0.1, -0.05) is 18.2 Å². The van der Waals surface area contributed by atoms with Crippen molar-refractivity contribution in [3.63, 3.8) is 0 Å². The summed E-state index contributed by atoms with van der Waals surface area (Å²) in [4.78, 5) is 26.4. The van der Waals surface area contributed by atoms with Crippen LogP contribution in [-0.4, -0.2) is 42.1 Å². The molecule has 4 rings (SSSR count). The Balaban J connectivity index is 1.51. The quantitative estimate of drug-likeness (QED) is 0.598. The van der Waals surface area contributed by atoms with E-state index in [0.29, 0.717) is 12.2 Å². The van der Waals surface area contributed by atoms with E-state index in [9.17, 15) is 14.1 Å². The van der Waals surface area contributed by atoms with Gasteiger partial charge in [0.1, 0.15) is 16.5 Å². The minimum atomic E-state index is -0.564. The van der Waals surface area contributed by atoms with Gasteiger partial charge in [0, 0.05) is 23.9 Å². The van der Waals surface area contributed by atoms with Crippen LogP contribution in [-0.2, 0) is 9.53 Å². The standard InChI is InChI=1S/C20H20BrFN4O3/c21-16-17(25-22)24-18-15(4-1-9-26(18)20(16)28)12-5-7-13(8-6-12)19(27)23-14-3-2-10-29-11-14/h1,4-9,14,18,24-25H,2-3,10-11H2,(H,23,27). The molecule has 1 saturated heterocycles. The van der Waals surface area contributed by atoms with Gasteiger partial charge in [-0.15, -0.1) is 4.48 Å². The van der Waals surface area contributed by atoms with Gasteiger partial charge in [0.2, 0.25) is 0 Å². The number of carbonyl (C=O) groups is 2. The highest BCUT2D eigenvalue weighted by atomic mass is 79.9. The molecule has 152 valence electrons. The molecule has 2 unspecified atom stereocenters. The summed E-state index contributed by atoms with van der Waals surface area (Å²) in [6.07, 6.45) is 6.53. The second-order valence-electron chi connectivity index (χ2n) is 6.97. The normalized spacial score (nSPS) is 23.9. The zero-order chi connectivity index (χ0) is 20.4. The first kappa shape index (κ1) is 19.7. The zero-order valence-electron chi connectivity index (χ0n) is 15.5. The Morgan fingerprint density at radius 2 is 2.10 bits per heavy atom. The summed E-state index contributed by atoms with van der Waals surface area (Å²) in [6.45, 7) is 1.28. The summed E-state index contributed by atoms with van der Waals surface area (Å²) in [6, 6.07) is 7.14. The lowest BCUT2D eigenvalue weighted by Crippen LogP contribution is -2.53. The number of nitrogens with one attached hydrogen (secondary N) is 3. The molecule has 2 atom stereocenters. The van der Waals surface area contributed by atoms with Crippen LogP contribution in [0.2, 0.25) is 0 Å². The van der Waals surface area contributed by atoms with Gasteiger partial charge in [0.15, 0.2) is 0 Å². The number of allylic oxidation sites excluding steroid dienone is 2. The first-order chi connectivity index (χ1) is 14.1. The number of fused-ring (bicyclic) bond motifs is 1. The number of halogens is 2. The average molecular weight is 463 g/mol. The number of hydrogen-bond acceptors (Lipinski definition) is 5. The van der Waals surface area contributed by atoms with E-state index in [1.165, 1.54) is 10.4 Å². The number of benzene rings is 1. The summed E-state index contributed by atoms with van der Waals surface area (Å²) in [7, 11) is 0. The molecular formula is C20H20BrFN4O3. The Morgan fingerprint density at radius 3 is 2.79 bits per heavy atom. The van der Waals surface area contributed by atoms with Gasteiger partial charge in [0.25, 0.3) is 11.8 Å². The second kappa shape index (κ2) is 8.38. The van der Waals surface area contributed by atoms with Crippen LogP contribution in [0.5, 0.6) is 0 Å². The summed E-state index contributed by atoms with van der Waals surface area (Å²) in [5.41, 5.74) is 3.65. The summed E-state index contributed by atoms with van der Waals surface area (Å²) < 4.78 is 18.5. The van der Waals surface area contributed by atoms with Crippen LogP contribution < -0.4 is 16.2 Å². The van der Waals surface area contributed by atoms with Gasteiger partial charge in [-0.3, -0.25) is 14.5 Å². The second-order valence-corrected chi connectivity index (χ2v) is 7.76. The molecule has 0 saturated carbocycles. The average Bonchev–Trinajstić information content (AvgIpc) is 2.76. The van der Waals surface area contributed by atoms with Crippen molar-refractivity contribution in [2.45, 2.75) is 25.0 Å². The highest BCUT2D eigenvalue weighted by molar-refractivity contribution is 9.12. The molecule has 0 aliphatic carbocycles. The van der Waals surface area contributed by atoms with Crippen molar-refractivity contribution < 1.29 is 18.8 Å². The molecule has 1 aromatic carbocycles. The van der Waals surface area contributed by atoms with Crippen molar-refractivity contribution in [3.8, 4) is 0 Å². The molecule has 7 nitrogen and oxygen atoms in total. The van der Waals surface area contributed by atoms with Crippen LogP contribution in [0, 0.1) is 0 Å². The van der Waals surface area contributed by atoms with E-state index in [4.69, 9.17) is 4.74 Å². The maximum absolute atomic E-state index is 13.1. The van der Waals surface area contributed by atoms with Gasteiger partial charge >= 0.3 is 0 Å². The van der Waals surface area contributed by atoms with Crippen molar-refractivity contribution in [2.24, 2.45) is 0 Å². The molecule has 2 amide bonds.